The van der Waals surface area contributed by atoms with Gasteiger partial charge in [-0.15, -0.1) is 0 Å². The van der Waals surface area contributed by atoms with Crippen molar-refractivity contribution >= 4 is 11.6 Å². The molecule has 5 nitrogen and oxygen atoms in total. The third kappa shape index (κ3) is 3.27. The molecule has 1 fully saturated rings. The van der Waals surface area contributed by atoms with Gasteiger partial charge in [0.15, 0.2) is 0 Å². The van der Waals surface area contributed by atoms with Gasteiger partial charge in [0.2, 0.25) is 0 Å². The average molecular weight is 352 g/mol. The molecule has 0 aromatic heterocycles. The maximum atomic E-state index is 13.2. The summed E-state index contributed by atoms with van der Waals surface area (Å²) in [6.07, 6.45) is 1.96. The fourth-order valence-corrected chi connectivity index (χ4v) is 3.66. The van der Waals surface area contributed by atoms with Crippen LogP contribution in [-0.2, 0) is 4.74 Å². The third-order valence-electron chi connectivity index (χ3n) is 4.95. The van der Waals surface area contributed by atoms with Crippen LogP contribution in [0.25, 0.3) is 0 Å². The summed E-state index contributed by atoms with van der Waals surface area (Å²) in [5.74, 6) is 0.887. The van der Waals surface area contributed by atoms with Crippen molar-refractivity contribution in [1.29, 1.82) is 0 Å². The summed E-state index contributed by atoms with van der Waals surface area (Å²) in [6, 6.07) is 15.6. The Balaban J connectivity index is 1.65. The highest BCUT2D eigenvalue weighted by atomic mass is 16.5. The maximum Gasteiger partial charge on any atom is 0.257 e. The minimum absolute atomic E-state index is 0.0498. The van der Waals surface area contributed by atoms with Gasteiger partial charge in [0, 0.05) is 18.8 Å². The molecule has 2 heterocycles. The van der Waals surface area contributed by atoms with Gasteiger partial charge in [-0.2, -0.15) is 0 Å². The fraction of sp³-hybridized carbons (Fsp3) is 0.381. The monoisotopic (exact) mass is 352 g/mol. The van der Waals surface area contributed by atoms with E-state index in [2.05, 4.69) is 5.32 Å². The van der Waals surface area contributed by atoms with Crippen molar-refractivity contribution in [1.82, 2.24) is 4.90 Å². The second-order valence-electron chi connectivity index (χ2n) is 6.69. The second-order valence-corrected chi connectivity index (χ2v) is 6.69. The lowest BCUT2D eigenvalue weighted by molar-refractivity contribution is 0.0427. The summed E-state index contributed by atoms with van der Waals surface area (Å²) >= 11 is 0. The van der Waals surface area contributed by atoms with E-state index in [0.717, 1.165) is 36.4 Å². The number of rotatable bonds is 5. The molecule has 0 unspecified atom stereocenters. The van der Waals surface area contributed by atoms with Crippen LogP contribution in [0.15, 0.2) is 48.5 Å². The molecule has 5 heteroatoms. The van der Waals surface area contributed by atoms with Gasteiger partial charge >= 0.3 is 0 Å². The zero-order chi connectivity index (χ0) is 17.9. The van der Waals surface area contributed by atoms with Crippen LogP contribution in [0.1, 0.15) is 41.9 Å². The molecule has 136 valence electrons. The van der Waals surface area contributed by atoms with Crippen molar-refractivity contribution in [2.45, 2.75) is 32.0 Å². The molecule has 26 heavy (non-hydrogen) atoms. The van der Waals surface area contributed by atoms with Crippen LogP contribution in [0.2, 0.25) is 0 Å². The van der Waals surface area contributed by atoms with Gasteiger partial charge < -0.3 is 19.7 Å². The van der Waals surface area contributed by atoms with E-state index in [1.807, 2.05) is 60.4 Å². The molecule has 2 atom stereocenters. The number of nitrogens with zero attached hydrogens (tertiary/aromatic N) is 1. The van der Waals surface area contributed by atoms with E-state index in [1.165, 1.54) is 0 Å². The molecule has 2 aliphatic rings. The van der Waals surface area contributed by atoms with E-state index < -0.39 is 0 Å². The number of fused-ring (bicyclic) bond motifs is 1. The van der Waals surface area contributed by atoms with Crippen molar-refractivity contribution in [3.05, 3.63) is 59.7 Å². The SMILES string of the molecule is CCOc1ccc([C@H]2Nc3ccccc3C(=O)N2C[C@H]2CCCO2)cc1. The molecular weight excluding hydrogens is 328 g/mol. The molecule has 1 saturated heterocycles. The normalized spacial score (nSPS) is 22.0. The first-order chi connectivity index (χ1) is 12.8. The van der Waals surface area contributed by atoms with Crippen molar-refractivity contribution in [2.75, 3.05) is 25.1 Å². The summed E-state index contributed by atoms with van der Waals surface area (Å²) in [6.45, 7) is 3.98. The summed E-state index contributed by atoms with van der Waals surface area (Å²) in [7, 11) is 0. The predicted molar refractivity (Wildman–Crippen MR) is 100 cm³/mol. The summed E-state index contributed by atoms with van der Waals surface area (Å²) in [5.41, 5.74) is 2.63. The Morgan fingerprint density at radius 3 is 2.73 bits per heavy atom. The first kappa shape index (κ1) is 16.9. The highest BCUT2D eigenvalue weighted by Gasteiger charge is 2.35. The smallest absolute Gasteiger partial charge is 0.257 e. The fourth-order valence-electron chi connectivity index (χ4n) is 3.66. The average Bonchev–Trinajstić information content (AvgIpc) is 3.18. The van der Waals surface area contributed by atoms with Crippen LogP contribution in [0.5, 0.6) is 5.75 Å². The lowest BCUT2D eigenvalue weighted by Gasteiger charge is -2.39. The number of ether oxygens (including phenoxy) is 2. The molecule has 1 amide bonds. The molecule has 1 N–H and O–H groups in total. The van der Waals surface area contributed by atoms with Crippen molar-refractivity contribution in [2.24, 2.45) is 0 Å². The Morgan fingerprint density at radius 2 is 2.00 bits per heavy atom. The number of para-hydroxylation sites is 1. The predicted octanol–water partition coefficient (Wildman–Crippen LogP) is 3.83. The first-order valence-electron chi connectivity index (χ1n) is 9.27. The molecular formula is C21H24N2O3. The van der Waals surface area contributed by atoms with Gasteiger partial charge in [-0.3, -0.25) is 4.79 Å². The summed E-state index contributed by atoms with van der Waals surface area (Å²) in [5, 5.41) is 3.53. The molecule has 2 aromatic rings. The van der Waals surface area contributed by atoms with Gasteiger partial charge in [-0.05, 0) is 49.6 Å². The number of nitrogens with one attached hydrogen (secondary N) is 1. The Hall–Kier alpha value is -2.53. The molecule has 0 saturated carbocycles. The molecule has 0 aliphatic carbocycles. The standard InChI is InChI=1S/C21H24N2O3/c1-2-25-16-11-9-15(10-12-16)20-22-19-8-4-3-7-18(19)21(24)23(20)14-17-6-5-13-26-17/h3-4,7-12,17,20,22H,2,5-6,13-14H2,1H3/t17-,20+/m1/s1. The largest absolute Gasteiger partial charge is 0.494 e. The Morgan fingerprint density at radius 1 is 1.19 bits per heavy atom. The van der Waals surface area contributed by atoms with Crippen LogP contribution in [0.3, 0.4) is 0 Å². The molecule has 2 aliphatic heterocycles. The molecule has 0 radical (unpaired) electrons. The van der Waals surface area contributed by atoms with Gasteiger partial charge in [-0.1, -0.05) is 24.3 Å². The quantitative estimate of drug-likeness (QED) is 0.888. The number of anilines is 1. The summed E-state index contributed by atoms with van der Waals surface area (Å²) < 4.78 is 11.3. The molecule has 2 aromatic carbocycles. The van der Waals surface area contributed by atoms with E-state index >= 15 is 0 Å². The number of hydrogen-bond donors (Lipinski definition) is 1. The third-order valence-corrected chi connectivity index (χ3v) is 4.95. The molecule has 0 bridgehead atoms. The van der Waals surface area contributed by atoms with Gasteiger partial charge in [0.05, 0.1) is 18.3 Å². The van der Waals surface area contributed by atoms with Crippen LogP contribution >= 0.6 is 0 Å². The number of benzene rings is 2. The lowest BCUT2D eigenvalue weighted by atomic mass is 10.0. The minimum Gasteiger partial charge on any atom is -0.494 e. The summed E-state index contributed by atoms with van der Waals surface area (Å²) in [4.78, 5) is 15.1. The second kappa shape index (κ2) is 7.38. The van der Waals surface area contributed by atoms with Gasteiger partial charge in [0.1, 0.15) is 11.9 Å². The van der Waals surface area contributed by atoms with E-state index in [-0.39, 0.29) is 18.2 Å². The van der Waals surface area contributed by atoms with Crippen LogP contribution in [-0.4, -0.2) is 36.7 Å². The van der Waals surface area contributed by atoms with Crippen LogP contribution in [0.4, 0.5) is 5.69 Å². The van der Waals surface area contributed by atoms with Gasteiger partial charge in [-0.25, -0.2) is 0 Å². The zero-order valence-corrected chi connectivity index (χ0v) is 15.0. The molecule has 0 spiro atoms. The highest BCUT2D eigenvalue weighted by molar-refractivity contribution is 6.01. The van der Waals surface area contributed by atoms with E-state index in [0.29, 0.717) is 18.7 Å². The first-order valence-corrected chi connectivity index (χ1v) is 9.27. The Kier molecular flexibility index (Phi) is 4.80. The van der Waals surface area contributed by atoms with Crippen LogP contribution < -0.4 is 10.1 Å². The Bertz CT molecular complexity index is 769. The Labute approximate surface area is 153 Å². The van der Waals surface area contributed by atoms with Crippen LogP contribution in [0, 0.1) is 0 Å². The molecule has 4 rings (SSSR count). The van der Waals surface area contributed by atoms with Gasteiger partial charge in [0.25, 0.3) is 5.91 Å². The maximum absolute atomic E-state index is 13.2. The number of carbonyl (C=O) groups excluding carboxylic acids is 1. The number of hydrogen-bond acceptors (Lipinski definition) is 4. The van der Waals surface area contributed by atoms with Crippen molar-refractivity contribution in [3.63, 3.8) is 0 Å². The minimum atomic E-state index is -0.211. The topological polar surface area (TPSA) is 50.8 Å². The highest BCUT2D eigenvalue weighted by Crippen LogP contribution is 2.34. The number of amides is 1. The van der Waals surface area contributed by atoms with E-state index in [1.54, 1.807) is 0 Å². The van der Waals surface area contributed by atoms with E-state index in [9.17, 15) is 4.79 Å². The zero-order valence-electron chi connectivity index (χ0n) is 15.0. The number of carbonyl (C=O) groups is 1. The lowest BCUT2D eigenvalue weighted by Crippen LogP contribution is -2.46. The van der Waals surface area contributed by atoms with E-state index in [4.69, 9.17) is 9.47 Å². The van der Waals surface area contributed by atoms with Crippen molar-refractivity contribution in [3.8, 4) is 5.75 Å². The van der Waals surface area contributed by atoms with Crippen molar-refractivity contribution < 1.29 is 14.3 Å².